The van der Waals surface area contributed by atoms with E-state index in [0.717, 1.165) is 12.1 Å². The van der Waals surface area contributed by atoms with E-state index in [4.69, 9.17) is 23.2 Å². The van der Waals surface area contributed by atoms with Crippen LogP contribution in [0.4, 0.5) is 13.2 Å². The molecular formula is C16H10Cl2F3N3O. The van der Waals surface area contributed by atoms with Crippen molar-refractivity contribution < 1.29 is 18.0 Å². The molecular weight excluding hydrogens is 378 g/mol. The molecule has 0 aliphatic heterocycles. The van der Waals surface area contributed by atoms with Gasteiger partial charge in [-0.05, 0) is 29.8 Å². The zero-order valence-corrected chi connectivity index (χ0v) is 14.0. The van der Waals surface area contributed by atoms with E-state index < -0.39 is 17.6 Å². The van der Waals surface area contributed by atoms with Gasteiger partial charge in [-0.3, -0.25) is 9.20 Å². The van der Waals surface area contributed by atoms with Gasteiger partial charge in [-0.15, -0.1) is 0 Å². The normalized spacial score (nSPS) is 11.7. The highest BCUT2D eigenvalue weighted by molar-refractivity contribution is 6.33. The third kappa shape index (κ3) is 3.57. The number of hydrogen-bond donors (Lipinski definition) is 1. The molecule has 0 radical (unpaired) electrons. The molecule has 1 N–H and O–H groups in total. The number of aromatic nitrogens is 2. The Labute approximate surface area is 150 Å². The highest BCUT2D eigenvalue weighted by Crippen LogP contribution is 2.32. The number of fused-ring (bicyclic) bond motifs is 1. The van der Waals surface area contributed by atoms with Gasteiger partial charge in [-0.1, -0.05) is 35.3 Å². The summed E-state index contributed by atoms with van der Waals surface area (Å²) >= 11 is 11.9. The number of rotatable bonds is 3. The lowest BCUT2D eigenvalue weighted by Gasteiger charge is -2.11. The second-order valence-corrected chi connectivity index (χ2v) is 5.93. The number of alkyl halides is 3. The van der Waals surface area contributed by atoms with E-state index in [1.165, 1.54) is 10.5 Å². The molecule has 0 saturated heterocycles. The Morgan fingerprint density at radius 1 is 1.20 bits per heavy atom. The van der Waals surface area contributed by atoms with E-state index in [1.54, 1.807) is 24.4 Å². The first-order valence-corrected chi connectivity index (χ1v) is 7.79. The van der Waals surface area contributed by atoms with E-state index in [-0.39, 0.29) is 22.4 Å². The smallest absolute Gasteiger partial charge is 0.347 e. The summed E-state index contributed by atoms with van der Waals surface area (Å²) in [5, 5.41) is 2.53. The van der Waals surface area contributed by atoms with Crippen LogP contribution >= 0.6 is 23.2 Å². The van der Waals surface area contributed by atoms with Crippen LogP contribution in [0.3, 0.4) is 0 Å². The number of carbonyl (C=O) groups is 1. The van der Waals surface area contributed by atoms with Gasteiger partial charge < -0.3 is 5.32 Å². The Morgan fingerprint density at radius 3 is 2.64 bits per heavy atom. The molecule has 2 aromatic heterocycles. The predicted molar refractivity (Wildman–Crippen MR) is 87.8 cm³/mol. The van der Waals surface area contributed by atoms with Crippen LogP contribution in [-0.4, -0.2) is 15.3 Å². The van der Waals surface area contributed by atoms with Crippen LogP contribution in [0.5, 0.6) is 0 Å². The lowest BCUT2D eigenvalue weighted by molar-refractivity contribution is -0.137. The summed E-state index contributed by atoms with van der Waals surface area (Å²) < 4.78 is 39.4. The fraction of sp³-hybridized carbons (Fsp3) is 0.125. The minimum atomic E-state index is -4.48. The molecule has 0 unspecified atom stereocenters. The fourth-order valence-electron chi connectivity index (χ4n) is 2.30. The number of hydrogen-bond acceptors (Lipinski definition) is 2. The third-order valence-corrected chi connectivity index (χ3v) is 4.14. The molecule has 1 aromatic carbocycles. The van der Waals surface area contributed by atoms with Gasteiger partial charge in [0.1, 0.15) is 5.65 Å². The van der Waals surface area contributed by atoms with Crippen molar-refractivity contribution in [3.63, 3.8) is 0 Å². The summed E-state index contributed by atoms with van der Waals surface area (Å²) in [6.07, 6.45) is -2.84. The Balaban J connectivity index is 1.79. The first kappa shape index (κ1) is 17.6. The number of benzene rings is 1. The lowest BCUT2D eigenvalue weighted by Crippen LogP contribution is -2.24. The SMILES string of the molecule is O=C(NCc1ccc(C(F)(F)F)cc1Cl)c1c(Cl)nc2ccccn12. The van der Waals surface area contributed by atoms with E-state index in [2.05, 4.69) is 10.3 Å². The molecule has 0 aliphatic rings. The van der Waals surface area contributed by atoms with Gasteiger partial charge in [0.05, 0.1) is 5.56 Å². The standard InChI is InChI=1S/C16H10Cl2F3N3O/c17-11-7-10(16(19,20)21)5-4-9(11)8-22-15(25)13-14(18)23-12-3-1-2-6-24(12)13/h1-7H,8H2,(H,22,25). The largest absolute Gasteiger partial charge is 0.416 e. The van der Waals surface area contributed by atoms with Gasteiger partial charge >= 0.3 is 6.18 Å². The average molecular weight is 388 g/mol. The number of nitrogens with one attached hydrogen (secondary N) is 1. The summed E-state index contributed by atoms with van der Waals surface area (Å²) in [7, 11) is 0. The van der Waals surface area contributed by atoms with Crippen LogP contribution in [0.2, 0.25) is 10.2 Å². The molecule has 0 bridgehead atoms. The topological polar surface area (TPSA) is 46.4 Å². The van der Waals surface area contributed by atoms with Crippen molar-refractivity contribution in [3.05, 3.63) is 69.6 Å². The van der Waals surface area contributed by atoms with Crippen LogP contribution in [-0.2, 0) is 12.7 Å². The Kier molecular flexibility index (Phi) is 4.62. The quantitative estimate of drug-likeness (QED) is 0.714. The van der Waals surface area contributed by atoms with Crippen molar-refractivity contribution in [1.82, 2.24) is 14.7 Å². The maximum absolute atomic E-state index is 12.6. The lowest BCUT2D eigenvalue weighted by atomic mass is 10.1. The van der Waals surface area contributed by atoms with Gasteiger partial charge in [0.15, 0.2) is 10.8 Å². The second-order valence-electron chi connectivity index (χ2n) is 5.17. The fourth-order valence-corrected chi connectivity index (χ4v) is 2.81. The molecule has 2 heterocycles. The first-order chi connectivity index (χ1) is 11.8. The monoisotopic (exact) mass is 387 g/mol. The molecule has 0 atom stereocenters. The number of carbonyl (C=O) groups excluding carboxylic acids is 1. The Morgan fingerprint density at radius 2 is 1.96 bits per heavy atom. The van der Waals surface area contributed by atoms with Crippen molar-refractivity contribution in [2.24, 2.45) is 0 Å². The van der Waals surface area contributed by atoms with Crippen molar-refractivity contribution in [3.8, 4) is 0 Å². The number of pyridine rings is 1. The maximum Gasteiger partial charge on any atom is 0.416 e. The first-order valence-electron chi connectivity index (χ1n) is 7.04. The molecule has 130 valence electrons. The van der Waals surface area contributed by atoms with E-state index >= 15 is 0 Å². The van der Waals surface area contributed by atoms with Crippen molar-refractivity contribution >= 4 is 34.8 Å². The molecule has 0 saturated carbocycles. The second kappa shape index (κ2) is 6.57. The van der Waals surface area contributed by atoms with Crippen LogP contribution in [0, 0.1) is 0 Å². The molecule has 1 amide bonds. The maximum atomic E-state index is 12.6. The summed E-state index contributed by atoms with van der Waals surface area (Å²) in [5.74, 6) is -0.514. The van der Waals surface area contributed by atoms with Crippen LogP contribution in [0.1, 0.15) is 21.6 Å². The van der Waals surface area contributed by atoms with Crippen molar-refractivity contribution in [2.75, 3.05) is 0 Å². The van der Waals surface area contributed by atoms with Gasteiger partial charge in [-0.25, -0.2) is 4.98 Å². The van der Waals surface area contributed by atoms with Gasteiger partial charge in [0, 0.05) is 17.8 Å². The number of imidazole rings is 1. The van der Waals surface area contributed by atoms with Crippen LogP contribution in [0.15, 0.2) is 42.6 Å². The highest BCUT2D eigenvalue weighted by Gasteiger charge is 2.30. The van der Waals surface area contributed by atoms with Gasteiger partial charge in [0.2, 0.25) is 0 Å². The molecule has 3 aromatic rings. The molecule has 3 rings (SSSR count). The molecule has 0 fully saturated rings. The minimum absolute atomic E-state index is 0.0298. The number of amides is 1. The molecule has 0 spiro atoms. The zero-order valence-electron chi connectivity index (χ0n) is 12.4. The molecule has 0 aliphatic carbocycles. The summed E-state index contributed by atoms with van der Waals surface area (Å²) in [6.45, 7) is -0.0494. The molecule has 25 heavy (non-hydrogen) atoms. The summed E-state index contributed by atoms with van der Waals surface area (Å²) in [4.78, 5) is 16.4. The van der Waals surface area contributed by atoms with Crippen molar-refractivity contribution in [1.29, 1.82) is 0 Å². The molecule has 9 heteroatoms. The third-order valence-electron chi connectivity index (χ3n) is 3.52. The van der Waals surface area contributed by atoms with Gasteiger partial charge in [0.25, 0.3) is 5.91 Å². The zero-order chi connectivity index (χ0) is 18.2. The Hall–Kier alpha value is -2.25. The van der Waals surface area contributed by atoms with Crippen LogP contribution < -0.4 is 5.32 Å². The summed E-state index contributed by atoms with van der Waals surface area (Å²) in [6, 6.07) is 8.12. The van der Waals surface area contributed by atoms with E-state index in [1.807, 2.05) is 0 Å². The van der Waals surface area contributed by atoms with E-state index in [0.29, 0.717) is 11.2 Å². The van der Waals surface area contributed by atoms with Crippen molar-refractivity contribution in [2.45, 2.75) is 12.7 Å². The molecule has 4 nitrogen and oxygen atoms in total. The Bertz CT molecular complexity index is 953. The van der Waals surface area contributed by atoms with Gasteiger partial charge in [-0.2, -0.15) is 13.2 Å². The highest BCUT2D eigenvalue weighted by atomic mass is 35.5. The van der Waals surface area contributed by atoms with Crippen LogP contribution in [0.25, 0.3) is 5.65 Å². The minimum Gasteiger partial charge on any atom is -0.347 e. The number of halogens is 5. The predicted octanol–water partition coefficient (Wildman–Crippen LogP) is 4.59. The average Bonchev–Trinajstić information content (AvgIpc) is 2.88. The number of nitrogens with zero attached hydrogens (tertiary/aromatic N) is 2. The summed E-state index contributed by atoms with van der Waals surface area (Å²) in [5.41, 5.74) is 0.149. The van der Waals surface area contributed by atoms with E-state index in [9.17, 15) is 18.0 Å².